The highest BCUT2D eigenvalue weighted by Gasteiger charge is 2.23. The molecule has 0 saturated carbocycles. The Balaban J connectivity index is 2.18. The van der Waals surface area contributed by atoms with E-state index in [1.165, 1.54) is 11.6 Å². The topological polar surface area (TPSA) is 71.7 Å². The van der Waals surface area contributed by atoms with Gasteiger partial charge in [-0.05, 0) is 35.6 Å². The Morgan fingerprint density at radius 2 is 2.25 bits per heavy atom. The lowest BCUT2D eigenvalue weighted by atomic mass is 9.88. The minimum Gasteiger partial charge on any atom is -0.478 e. The molecule has 0 radical (unpaired) electrons. The van der Waals surface area contributed by atoms with Gasteiger partial charge in [-0.3, -0.25) is 0 Å². The Labute approximate surface area is 139 Å². The molecule has 5 heteroatoms. The molecular weight excluding hydrogens is 304 g/mol. The first-order valence-corrected chi connectivity index (χ1v) is 7.92. The minimum atomic E-state index is -1.11. The number of nitrogens with zero attached hydrogens (tertiary/aromatic N) is 2. The van der Waals surface area contributed by atoms with Crippen LogP contribution in [0.1, 0.15) is 43.7 Å². The summed E-state index contributed by atoms with van der Waals surface area (Å²) in [7, 11) is 0. The van der Waals surface area contributed by atoms with E-state index in [-0.39, 0.29) is 17.6 Å². The zero-order chi connectivity index (χ0) is 17.3. The Kier molecular flexibility index (Phi) is 4.19. The summed E-state index contributed by atoms with van der Waals surface area (Å²) in [5.74, 6) is 1.04. The van der Waals surface area contributed by atoms with Crippen LogP contribution >= 0.6 is 0 Å². The smallest absolute Gasteiger partial charge is 0.336 e. The van der Waals surface area contributed by atoms with Crippen LogP contribution in [0.2, 0.25) is 0 Å². The molecule has 1 aliphatic rings. The number of carboxylic acids is 1. The summed E-state index contributed by atoms with van der Waals surface area (Å²) in [4.78, 5) is 22.4. The lowest BCUT2D eigenvalue weighted by Gasteiger charge is -2.15. The van der Waals surface area contributed by atoms with Crippen LogP contribution in [0.4, 0.5) is 0 Å². The lowest BCUT2D eigenvalue weighted by molar-refractivity contribution is -0.132. The molecule has 0 aliphatic heterocycles. The summed E-state index contributed by atoms with van der Waals surface area (Å²) in [5.41, 5.74) is 4.18. The minimum absolute atomic E-state index is 0.00683. The maximum Gasteiger partial charge on any atom is 0.336 e. The van der Waals surface area contributed by atoms with E-state index in [1.807, 2.05) is 16.8 Å². The fourth-order valence-corrected chi connectivity index (χ4v) is 3.03. The van der Waals surface area contributed by atoms with E-state index >= 15 is 0 Å². The van der Waals surface area contributed by atoms with Gasteiger partial charge in [0, 0.05) is 18.2 Å². The second kappa shape index (κ2) is 6.30. The number of fused-ring (bicyclic) bond motifs is 1. The van der Waals surface area contributed by atoms with Crippen LogP contribution in [-0.4, -0.2) is 26.6 Å². The zero-order valence-corrected chi connectivity index (χ0v) is 13.6. The van der Waals surface area contributed by atoms with Crippen molar-refractivity contribution < 1.29 is 14.7 Å². The van der Waals surface area contributed by atoms with Crippen LogP contribution in [-0.2, 0) is 9.59 Å². The maximum atomic E-state index is 11.2. The molecule has 1 atom stereocenters. The number of carboxylic acid groups (broad SMARTS) is 1. The molecular formula is C19H18N2O3. The van der Waals surface area contributed by atoms with Gasteiger partial charge in [0.05, 0.1) is 22.9 Å². The summed E-state index contributed by atoms with van der Waals surface area (Å²) in [6.07, 6.45) is 8.15. The Morgan fingerprint density at radius 1 is 1.46 bits per heavy atom. The number of pyridine rings is 1. The standard InChI is InChI=1S/C19H18N2O3/c1-3-12(2)15-5-4-8-21-18(15)17(10-20-21)13-6-7-16(19(23)24)14(9-13)11-22/h4-8,10,12H,3,9H2,1-2H3,(H,23,24). The highest BCUT2D eigenvalue weighted by atomic mass is 16.4. The van der Waals surface area contributed by atoms with Crippen LogP contribution in [0.25, 0.3) is 11.1 Å². The van der Waals surface area contributed by atoms with E-state index in [0.29, 0.717) is 5.92 Å². The summed E-state index contributed by atoms with van der Waals surface area (Å²) in [6.45, 7) is 4.31. The van der Waals surface area contributed by atoms with Gasteiger partial charge in [-0.1, -0.05) is 26.0 Å². The van der Waals surface area contributed by atoms with Crippen molar-refractivity contribution in [1.82, 2.24) is 9.61 Å². The van der Waals surface area contributed by atoms with Crippen molar-refractivity contribution in [3.05, 3.63) is 59.0 Å². The molecule has 0 amide bonds. The number of allylic oxidation sites excluding steroid dienone is 3. The molecule has 122 valence electrons. The van der Waals surface area contributed by atoms with Crippen molar-refractivity contribution in [2.45, 2.75) is 32.6 Å². The molecule has 3 rings (SSSR count). The van der Waals surface area contributed by atoms with Crippen molar-refractivity contribution >= 4 is 23.0 Å². The number of carbonyl (C=O) groups excluding carboxylic acids is 1. The number of hydrogen-bond donors (Lipinski definition) is 1. The molecule has 2 heterocycles. The molecule has 0 bridgehead atoms. The summed E-state index contributed by atoms with van der Waals surface area (Å²) < 4.78 is 1.83. The van der Waals surface area contributed by atoms with Crippen LogP contribution in [0.5, 0.6) is 0 Å². The van der Waals surface area contributed by atoms with E-state index in [2.05, 4.69) is 25.0 Å². The molecule has 0 fully saturated rings. The lowest BCUT2D eigenvalue weighted by Crippen LogP contribution is -2.08. The normalized spacial score (nSPS) is 15.7. The average molecular weight is 322 g/mol. The SMILES string of the molecule is CCC(C)c1cccn2ncc(C3=CC=C(C(=O)O)C(=C=O)C3)c12. The zero-order valence-electron chi connectivity index (χ0n) is 13.6. The van der Waals surface area contributed by atoms with E-state index < -0.39 is 5.97 Å². The third-order valence-corrected chi connectivity index (χ3v) is 4.56. The largest absolute Gasteiger partial charge is 0.478 e. The first kappa shape index (κ1) is 16.0. The van der Waals surface area contributed by atoms with E-state index in [0.717, 1.165) is 23.1 Å². The van der Waals surface area contributed by atoms with Gasteiger partial charge in [-0.15, -0.1) is 0 Å². The molecule has 2 aromatic rings. The predicted octanol–water partition coefficient (Wildman–Crippen LogP) is 3.40. The predicted molar refractivity (Wildman–Crippen MR) is 91.4 cm³/mol. The van der Waals surface area contributed by atoms with E-state index in [1.54, 1.807) is 18.2 Å². The highest BCUT2D eigenvalue weighted by Crippen LogP contribution is 2.35. The van der Waals surface area contributed by atoms with Crippen molar-refractivity contribution in [1.29, 1.82) is 0 Å². The molecule has 2 aromatic heterocycles. The number of rotatable bonds is 4. The van der Waals surface area contributed by atoms with Gasteiger partial charge in [0.15, 0.2) is 0 Å². The highest BCUT2D eigenvalue weighted by molar-refractivity contribution is 5.99. The van der Waals surface area contributed by atoms with E-state index in [9.17, 15) is 9.59 Å². The monoisotopic (exact) mass is 322 g/mol. The van der Waals surface area contributed by atoms with Crippen LogP contribution in [0.15, 0.2) is 47.8 Å². The quantitative estimate of drug-likeness (QED) is 0.876. The van der Waals surface area contributed by atoms with Gasteiger partial charge in [-0.25, -0.2) is 14.1 Å². The third-order valence-electron chi connectivity index (χ3n) is 4.56. The van der Waals surface area contributed by atoms with Crippen molar-refractivity contribution in [2.24, 2.45) is 0 Å². The summed E-state index contributed by atoms with van der Waals surface area (Å²) in [5, 5.41) is 13.6. The summed E-state index contributed by atoms with van der Waals surface area (Å²) >= 11 is 0. The average Bonchev–Trinajstić information content (AvgIpc) is 3.04. The van der Waals surface area contributed by atoms with Crippen LogP contribution in [0.3, 0.4) is 0 Å². The fourth-order valence-electron chi connectivity index (χ4n) is 3.03. The van der Waals surface area contributed by atoms with Gasteiger partial charge < -0.3 is 5.11 Å². The second-order valence-electron chi connectivity index (χ2n) is 5.96. The van der Waals surface area contributed by atoms with Crippen LogP contribution in [0, 0.1) is 0 Å². The molecule has 0 aromatic carbocycles. The summed E-state index contributed by atoms with van der Waals surface area (Å²) in [6, 6.07) is 4.06. The molecule has 0 saturated heterocycles. The number of carbonyl (C=O) groups is 1. The number of aromatic nitrogens is 2. The maximum absolute atomic E-state index is 11.2. The van der Waals surface area contributed by atoms with Gasteiger partial charge in [0.2, 0.25) is 0 Å². The van der Waals surface area contributed by atoms with Crippen LogP contribution < -0.4 is 0 Å². The Bertz CT molecular complexity index is 927. The first-order valence-electron chi connectivity index (χ1n) is 7.92. The molecule has 24 heavy (non-hydrogen) atoms. The van der Waals surface area contributed by atoms with E-state index in [4.69, 9.17) is 5.11 Å². The first-order chi connectivity index (χ1) is 11.6. The number of hydrogen-bond acceptors (Lipinski definition) is 3. The molecule has 0 spiro atoms. The molecule has 1 aliphatic carbocycles. The Hall–Kier alpha value is -2.91. The van der Waals surface area contributed by atoms with Gasteiger partial charge >= 0.3 is 5.97 Å². The molecule has 1 unspecified atom stereocenters. The Morgan fingerprint density at radius 3 is 2.92 bits per heavy atom. The van der Waals surface area contributed by atoms with Crippen molar-refractivity contribution in [3.63, 3.8) is 0 Å². The van der Waals surface area contributed by atoms with Gasteiger partial charge in [-0.2, -0.15) is 5.10 Å². The van der Waals surface area contributed by atoms with Gasteiger partial charge in [0.25, 0.3) is 0 Å². The number of aliphatic carboxylic acids is 1. The van der Waals surface area contributed by atoms with Crippen molar-refractivity contribution in [2.75, 3.05) is 0 Å². The fraction of sp³-hybridized carbons (Fsp3) is 0.263. The molecule has 5 nitrogen and oxygen atoms in total. The van der Waals surface area contributed by atoms with Crippen molar-refractivity contribution in [3.8, 4) is 0 Å². The van der Waals surface area contributed by atoms with Gasteiger partial charge in [0.1, 0.15) is 5.94 Å². The second-order valence-corrected chi connectivity index (χ2v) is 5.96. The third kappa shape index (κ3) is 2.59. The molecule has 1 N–H and O–H groups in total.